The number of urea groups is 1. The van der Waals surface area contributed by atoms with Crippen LogP contribution in [0.1, 0.15) is 63.5 Å². The van der Waals surface area contributed by atoms with Crippen LogP contribution in [0.3, 0.4) is 0 Å². The monoisotopic (exact) mass is 319 g/mol. The Labute approximate surface area is 138 Å². The summed E-state index contributed by atoms with van der Waals surface area (Å²) < 4.78 is 2.24. The molecular formula is C17H29N5O. The molecule has 0 bridgehead atoms. The summed E-state index contributed by atoms with van der Waals surface area (Å²) >= 11 is 0. The third kappa shape index (κ3) is 3.85. The minimum absolute atomic E-state index is 0.0552. The molecule has 1 aliphatic heterocycles. The van der Waals surface area contributed by atoms with E-state index in [1.54, 1.807) is 0 Å². The maximum absolute atomic E-state index is 12.0. The molecule has 0 radical (unpaired) electrons. The van der Waals surface area contributed by atoms with Crippen molar-refractivity contribution in [3.8, 4) is 0 Å². The van der Waals surface area contributed by atoms with Crippen LogP contribution in [0.5, 0.6) is 0 Å². The molecule has 1 fully saturated rings. The van der Waals surface area contributed by atoms with E-state index in [0.717, 1.165) is 44.0 Å². The first-order valence-corrected chi connectivity index (χ1v) is 9.15. The highest BCUT2D eigenvalue weighted by molar-refractivity contribution is 5.73. The van der Waals surface area contributed by atoms with Crippen LogP contribution in [0, 0.1) is 5.41 Å². The number of amides is 2. The molecule has 2 aliphatic rings. The second kappa shape index (κ2) is 7.32. The molecular weight excluding hydrogens is 290 g/mol. The first-order valence-electron chi connectivity index (χ1n) is 9.15. The van der Waals surface area contributed by atoms with Gasteiger partial charge in [0.05, 0.1) is 0 Å². The number of rotatable bonds is 6. The Morgan fingerprint density at radius 1 is 1.17 bits per heavy atom. The second-order valence-electron chi connectivity index (χ2n) is 7.06. The number of aryl methyl sites for hydroxylation is 1. The van der Waals surface area contributed by atoms with E-state index >= 15 is 0 Å². The molecule has 0 unspecified atom stereocenters. The maximum Gasteiger partial charge on any atom is 0.314 e. The first-order chi connectivity index (χ1) is 11.2. The van der Waals surface area contributed by atoms with E-state index in [2.05, 4.69) is 32.3 Å². The zero-order valence-electron chi connectivity index (χ0n) is 14.2. The van der Waals surface area contributed by atoms with E-state index in [1.807, 2.05) is 0 Å². The summed E-state index contributed by atoms with van der Waals surface area (Å²) in [7, 11) is 0. The van der Waals surface area contributed by atoms with Gasteiger partial charge in [-0.3, -0.25) is 0 Å². The second-order valence-corrected chi connectivity index (χ2v) is 7.06. The molecule has 0 spiro atoms. The lowest BCUT2D eigenvalue weighted by molar-refractivity contribution is 0.126. The van der Waals surface area contributed by atoms with Crippen molar-refractivity contribution in [2.24, 2.45) is 5.41 Å². The maximum atomic E-state index is 12.0. The van der Waals surface area contributed by atoms with Gasteiger partial charge in [-0.15, -0.1) is 10.2 Å². The molecule has 0 saturated heterocycles. The molecule has 128 valence electrons. The van der Waals surface area contributed by atoms with Gasteiger partial charge in [0.15, 0.2) is 0 Å². The quantitative estimate of drug-likeness (QED) is 0.846. The molecule has 1 saturated carbocycles. The van der Waals surface area contributed by atoms with E-state index in [0.29, 0.717) is 12.0 Å². The molecule has 2 N–H and O–H groups in total. The van der Waals surface area contributed by atoms with Gasteiger partial charge in [-0.1, -0.05) is 19.8 Å². The Bertz CT molecular complexity index is 530. The van der Waals surface area contributed by atoms with E-state index in [1.165, 1.54) is 38.5 Å². The van der Waals surface area contributed by atoms with Crippen molar-refractivity contribution in [1.29, 1.82) is 0 Å². The van der Waals surface area contributed by atoms with Gasteiger partial charge in [0, 0.05) is 32.5 Å². The molecule has 1 aromatic heterocycles. The zero-order chi connectivity index (χ0) is 16.1. The van der Waals surface area contributed by atoms with Crippen molar-refractivity contribution in [1.82, 2.24) is 25.4 Å². The van der Waals surface area contributed by atoms with Crippen LogP contribution in [0.2, 0.25) is 0 Å². The van der Waals surface area contributed by atoms with Crippen molar-refractivity contribution in [2.75, 3.05) is 13.1 Å². The van der Waals surface area contributed by atoms with Crippen LogP contribution >= 0.6 is 0 Å². The number of hydrogen-bond donors (Lipinski definition) is 2. The highest BCUT2D eigenvalue weighted by Crippen LogP contribution is 2.42. The molecule has 0 atom stereocenters. The molecule has 6 nitrogen and oxygen atoms in total. The largest absolute Gasteiger partial charge is 0.338 e. The Hall–Kier alpha value is -1.59. The lowest BCUT2D eigenvalue weighted by Gasteiger charge is -2.41. The van der Waals surface area contributed by atoms with Crippen molar-refractivity contribution in [3.05, 3.63) is 11.6 Å². The minimum Gasteiger partial charge on any atom is -0.338 e. The Morgan fingerprint density at radius 2 is 2.04 bits per heavy atom. The first kappa shape index (κ1) is 16.3. The fraction of sp³-hybridized carbons (Fsp3) is 0.824. The Kier molecular flexibility index (Phi) is 5.18. The average molecular weight is 319 g/mol. The summed E-state index contributed by atoms with van der Waals surface area (Å²) in [5.74, 6) is 2.11. The van der Waals surface area contributed by atoms with Gasteiger partial charge in [0.1, 0.15) is 11.6 Å². The molecule has 1 aliphatic carbocycles. The van der Waals surface area contributed by atoms with Crippen molar-refractivity contribution in [3.63, 3.8) is 0 Å². The molecule has 0 aromatic carbocycles. The Balaban J connectivity index is 1.41. The molecule has 3 rings (SSSR count). The number of hydrogen-bond acceptors (Lipinski definition) is 3. The molecule has 1 aromatic rings. The van der Waals surface area contributed by atoms with E-state index < -0.39 is 0 Å². The van der Waals surface area contributed by atoms with Crippen molar-refractivity contribution in [2.45, 2.75) is 71.3 Å². The van der Waals surface area contributed by atoms with Crippen molar-refractivity contribution >= 4 is 6.03 Å². The van der Waals surface area contributed by atoms with E-state index in [9.17, 15) is 4.79 Å². The normalized spacial score (nSPS) is 19.3. The van der Waals surface area contributed by atoms with Crippen LogP contribution in [0.25, 0.3) is 0 Å². The number of carbonyl (C=O) groups is 1. The van der Waals surface area contributed by atoms with Crippen molar-refractivity contribution < 1.29 is 4.79 Å². The minimum atomic E-state index is -0.0552. The van der Waals surface area contributed by atoms with Gasteiger partial charge < -0.3 is 15.2 Å². The van der Waals surface area contributed by atoms with Crippen LogP contribution in [-0.2, 0) is 19.4 Å². The summed E-state index contributed by atoms with van der Waals surface area (Å²) in [6.07, 6.45) is 10.4. The fourth-order valence-corrected chi connectivity index (χ4v) is 3.68. The number of nitrogens with zero attached hydrogens (tertiary/aromatic N) is 3. The van der Waals surface area contributed by atoms with Gasteiger partial charge in [0.2, 0.25) is 0 Å². The van der Waals surface area contributed by atoms with E-state index in [-0.39, 0.29) is 6.03 Å². The third-order valence-electron chi connectivity index (χ3n) is 5.61. The van der Waals surface area contributed by atoms with Crippen LogP contribution in [-0.4, -0.2) is 33.9 Å². The predicted octanol–water partition coefficient (Wildman–Crippen LogP) is 2.43. The molecule has 2 amide bonds. The Morgan fingerprint density at radius 3 is 2.78 bits per heavy atom. The van der Waals surface area contributed by atoms with Crippen LogP contribution in [0.15, 0.2) is 0 Å². The number of carbonyl (C=O) groups excluding carboxylic acids is 1. The van der Waals surface area contributed by atoms with E-state index in [4.69, 9.17) is 0 Å². The highest BCUT2D eigenvalue weighted by atomic mass is 16.2. The topological polar surface area (TPSA) is 71.8 Å². The van der Waals surface area contributed by atoms with Gasteiger partial charge in [0.25, 0.3) is 0 Å². The number of nitrogens with one attached hydrogen (secondary N) is 2. The predicted molar refractivity (Wildman–Crippen MR) is 89.3 cm³/mol. The molecule has 23 heavy (non-hydrogen) atoms. The lowest BCUT2D eigenvalue weighted by Crippen LogP contribution is -2.45. The number of fused-ring (bicyclic) bond motifs is 1. The third-order valence-corrected chi connectivity index (χ3v) is 5.61. The summed E-state index contributed by atoms with van der Waals surface area (Å²) in [6.45, 7) is 4.65. The molecule has 6 heteroatoms. The van der Waals surface area contributed by atoms with Gasteiger partial charge in [-0.25, -0.2) is 4.79 Å². The van der Waals surface area contributed by atoms with Crippen LogP contribution < -0.4 is 10.6 Å². The van der Waals surface area contributed by atoms with Gasteiger partial charge in [-0.05, 0) is 37.5 Å². The summed E-state index contributed by atoms with van der Waals surface area (Å²) in [5.41, 5.74) is 0.363. The smallest absolute Gasteiger partial charge is 0.314 e. The summed E-state index contributed by atoms with van der Waals surface area (Å²) in [6, 6.07) is -0.0552. The molecule has 2 heterocycles. The standard InChI is InChI=1S/C17H29N5O/c1-2-17(9-6-10-17)13-19-16(23)18-11-8-15-21-20-14-7-4-3-5-12-22(14)15/h2-13H2,1H3,(H2,18,19,23). The summed E-state index contributed by atoms with van der Waals surface area (Å²) in [4.78, 5) is 12.0. The SMILES string of the molecule is CCC1(CNC(=O)NCCc2nnc3n2CCCCC3)CCC1. The summed E-state index contributed by atoms with van der Waals surface area (Å²) in [5, 5.41) is 14.6. The average Bonchev–Trinajstić information content (AvgIpc) is 2.75. The van der Waals surface area contributed by atoms with Gasteiger partial charge in [-0.2, -0.15) is 0 Å². The number of aromatic nitrogens is 3. The fourth-order valence-electron chi connectivity index (χ4n) is 3.68. The lowest BCUT2D eigenvalue weighted by atomic mass is 9.67. The highest BCUT2D eigenvalue weighted by Gasteiger charge is 2.35. The van der Waals surface area contributed by atoms with Crippen LogP contribution in [0.4, 0.5) is 4.79 Å². The van der Waals surface area contributed by atoms with Gasteiger partial charge >= 0.3 is 6.03 Å². The zero-order valence-corrected chi connectivity index (χ0v) is 14.2.